The molecule has 0 aliphatic rings. The first-order chi connectivity index (χ1) is 10.1. The number of aliphatic hydroxyl groups excluding tert-OH is 2. The Morgan fingerprint density at radius 1 is 1.33 bits per heavy atom. The Hall–Kier alpha value is -1.65. The van der Waals surface area contributed by atoms with Gasteiger partial charge in [0.05, 0.1) is 12.7 Å². The van der Waals surface area contributed by atoms with Gasteiger partial charge in [0.15, 0.2) is 11.6 Å². The number of phenols is 1. The Morgan fingerprint density at radius 2 is 2.10 bits per heavy atom. The van der Waals surface area contributed by atoms with E-state index in [0.717, 1.165) is 18.4 Å². The third-order valence-electron chi connectivity index (χ3n) is 3.14. The number of benzene rings is 1. The van der Waals surface area contributed by atoms with E-state index in [9.17, 15) is 14.6 Å². The zero-order valence-electron chi connectivity index (χ0n) is 12.3. The predicted molar refractivity (Wildman–Crippen MR) is 82.4 cm³/mol. The van der Waals surface area contributed by atoms with Gasteiger partial charge in [-0.25, -0.2) is 4.39 Å². The normalized spacial score (nSPS) is 13.8. The molecular weight excluding hydrogens is 271 g/mol. The first-order valence-electron chi connectivity index (χ1n) is 7.20. The van der Waals surface area contributed by atoms with E-state index in [1.807, 2.05) is 6.08 Å². The Kier molecular flexibility index (Phi) is 7.72. The van der Waals surface area contributed by atoms with Gasteiger partial charge in [-0.15, -0.1) is 0 Å². The molecule has 4 heteroatoms. The summed E-state index contributed by atoms with van der Waals surface area (Å²) in [6.07, 6.45) is 7.50. The van der Waals surface area contributed by atoms with Crippen LogP contribution in [0.1, 0.15) is 38.2 Å². The average molecular weight is 294 g/mol. The lowest BCUT2D eigenvalue weighted by molar-refractivity contribution is 0.211. The van der Waals surface area contributed by atoms with Crippen molar-refractivity contribution >= 4 is 6.08 Å². The van der Waals surface area contributed by atoms with E-state index in [-0.39, 0.29) is 12.4 Å². The molecule has 0 aliphatic carbocycles. The van der Waals surface area contributed by atoms with Crippen LogP contribution in [-0.2, 0) is 0 Å². The Balaban J connectivity index is 2.73. The number of rotatable bonds is 8. The molecule has 1 aromatic rings. The first-order valence-corrected chi connectivity index (χ1v) is 7.20. The number of halogens is 1. The number of hydrogen-bond acceptors (Lipinski definition) is 3. The van der Waals surface area contributed by atoms with Gasteiger partial charge in [0.1, 0.15) is 0 Å². The fraction of sp³-hybridized carbons (Fsp3) is 0.412. The Morgan fingerprint density at radius 3 is 2.71 bits per heavy atom. The highest BCUT2D eigenvalue weighted by molar-refractivity contribution is 5.54. The van der Waals surface area contributed by atoms with Crippen molar-refractivity contribution in [2.24, 2.45) is 0 Å². The number of aliphatic hydroxyl groups is 2. The number of phenolic OH excluding ortho intramolecular Hbond substituents is 1. The zero-order chi connectivity index (χ0) is 15.7. The summed E-state index contributed by atoms with van der Waals surface area (Å²) in [6.45, 7) is 1.98. The molecule has 1 aromatic carbocycles. The molecule has 1 atom stereocenters. The Labute approximate surface area is 125 Å². The van der Waals surface area contributed by atoms with E-state index in [2.05, 4.69) is 6.92 Å². The van der Waals surface area contributed by atoms with Crippen molar-refractivity contribution in [3.05, 3.63) is 47.3 Å². The van der Waals surface area contributed by atoms with Crippen molar-refractivity contribution in [3.63, 3.8) is 0 Å². The highest BCUT2D eigenvalue weighted by Gasteiger charge is 2.05. The topological polar surface area (TPSA) is 60.7 Å². The molecule has 0 aliphatic heterocycles. The van der Waals surface area contributed by atoms with Crippen LogP contribution >= 0.6 is 0 Å². The fourth-order valence-corrected chi connectivity index (χ4v) is 2.09. The molecule has 116 valence electrons. The van der Waals surface area contributed by atoms with Gasteiger partial charge in [-0.1, -0.05) is 43.2 Å². The minimum Gasteiger partial charge on any atom is -0.505 e. The monoisotopic (exact) mass is 294 g/mol. The van der Waals surface area contributed by atoms with Crippen molar-refractivity contribution in [1.82, 2.24) is 0 Å². The second-order valence-electron chi connectivity index (χ2n) is 4.98. The summed E-state index contributed by atoms with van der Waals surface area (Å²) in [7, 11) is 0. The molecule has 0 aromatic heterocycles. The SMILES string of the molecule is CCC/C(=C\c1ccc(O)c(F)c1)CC[C@@H](O)/C=C\CO. The average Bonchev–Trinajstić information content (AvgIpc) is 2.46. The van der Waals surface area contributed by atoms with E-state index in [4.69, 9.17) is 5.11 Å². The smallest absolute Gasteiger partial charge is 0.165 e. The summed E-state index contributed by atoms with van der Waals surface area (Å²) in [4.78, 5) is 0. The minimum absolute atomic E-state index is 0.0818. The molecule has 0 amide bonds. The summed E-state index contributed by atoms with van der Waals surface area (Å²) < 4.78 is 13.3. The Bertz CT molecular complexity index is 495. The summed E-state index contributed by atoms with van der Waals surface area (Å²) >= 11 is 0. The second-order valence-corrected chi connectivity index (χ2v) is 4.98. The van der Waals surface area contributed by atoms with Crippen LogP contribution < -0.4 is 0 Å². The van der Waals surface area contributed by atoms with Gasteiger partial charge in [0.25, 0.3) is 0 Å². The predicted octanol–water partition coefficient (Wildman–Crippen LogP) is 3.40. The maximum atomic E-state index is 13.3. The van der Waals surface area contributed by atoms with Crippen LogP contribution in [0.4, 0.5) is 4.39 Å². The van der Waals surface area contributed by atoms with Gasteiger partial charge in [0.2, 0.25) is 0 Å². The van der Waals surface area contributed by atoms with Crippen LogP contribution in [-0.4, -0.2) is 28.0 Å². The fourth-order valence-electron chi connectivity index (χ4n) is 2.09. The van der Waals surface area contributed by atoms with Gasteiger partial charge in [-0.2, -0.15) is 0 Å². The zero-order valence-corrected chi connectivity index (χ0v) is 12.3. The largest absolute Gasteiger partial charge is 0.505 e. The van der Waals surface area contributed by atoms with Crippen molar-refractivity contribution in [2.75, 3.05) is 6.61 Å². The molecule has 0 saturated carbocycles. The van der Waals surface area contributed by atoms with Gasteiger partial charge in [-0.05, 0) is 37.0 Å². The van der Waals surface area contributed by atoms with E-state index in [0.29, 0.717) is 18.4 Å². The quantitative estimate of drug-likeness (QED) is 0.644. The summed E-state index contributed by atoms with van der Waals surface area (Å²) in [5.41, 5.74) is 1.83. The molecule has 0 heterocycles. The number of allylic oxidation sites excluding steroid dienone is 1. The van der Waals surface area contributed by atoms with Crippen LogP contribution in [0, 0.1) is 5.82 Å². The van der Waals surface area contributed by atoms with E-state index in [1.165, 1.54) is 18.2 Å². The molecule has 21 heavy (non-hydrogen) atoms. The standard InChI is InChI=1S/C17H23FO3/c1-2-4-13(6-8-15(20)5-3-10-19)11-14-7-9-17(21)16(18)12-14/h3,5,7,9,11-12,15,19-21H,2,4,6,8,10H2,1H3/b5-3-,13-11+/t15-/m0/s1. The van der Waals surface area contributed by atoms with Crippen LogP contribution in [0.3, 0.4) is 0 Å². The molecule has 3 nitrogen and oxygen atoms in total. The number of hydrogen-bond donors (Lipinski definition) is 3. The third-order valence-corrected chi connectivity index (χ3v) is 3.14. The van der Waals surface area contributed by atoms with Crippen LogP contribution in [0.25, 0.3) is 6.08 Å². The lowest BCUT2D eigenvalue weighted by Crippen LogP contribution is -2.03. The molecule has 0 fully saturated rings. The van der Waals surface area contributed by atoms with Crippen LogP contribution in [0.5, 0.6) is 5.75 Å². The molecular formula is C17H23FO3. The van der Waals surface area contributed by atoms with Gasteiger partial charge in [-0.3, -0.25) is 0 Å². The maximum absolute atomic E-state index is 13.3. The van der Waals surface area contributed by atoms with E-state index in [1.54, 1.807) is 12.1 Å². The van der Waals surface area contributed by atoms with E-state index >= 15 is 0 Å². The summed E-state index contributed by atoms with van der Waals surface area (Å²) in [5.74, 6) is -0.987. The molecule has 3 N–H and O–H groups in total. The lowest BCUT2D eigenvalue weighted by Gasteiger charge is -2.09. The summed E-state index contributed by atoms with van der Waals surface area (Å²) in [5, 5.41) is 27.6. The molecule has 0 unspecified atom stereocenters. The van der Waals surface area contributed by atoms with Crippen molar-refractivity contribution in [3.8, 4) is 5.75 Å². The molecule has 1 rings (SSSR count). The van der Waals surface area contributed by atoms with Crippen LogP contribution in [0.15, 0.2) is 35.9 Å². The van der Waals surface area contributed by atoms with Gasteiger partial charge < -0.3 is 15.3 Å². The van der Waals surface area contributed by atoms with Crippen molar-refractivity contribution in [2.45, 2.75) is 38.7 Å². The van der Waals surface area contributed by atoms with Gasteiger partial charge in [0, 0.05) is 0 Å². The highest BCUT2D eigenvalue weighted by Crippen LogP contribution is 2.22. The lowest BCUT2D eigenvalue weighted by atomic mass is 10.00. The maximum Gasteiger partial charge on any atom is 0.165 e. The minimum atomic E-state index is -0.634. The van der Waals surface area contributed by atoms with Crippen molar-refractivity contribution < 1.29 is 19.7 Å². The molecule has 0 radical (unpaired) electrons. The van der Waals surface area contributed by atoms with E-state index < -0.39 is 11.9 Å². The molecule has 0 saturated heterocycles. The second kappa shape index (κ2) is 9.32. The van der Waals surface area contributed by atoms with Crippen molar-refractivity contribution in [1.29, 1.82) is 0 Å². The summed E-state index contributed by atoms with van der Waals surface area (Å²) in [6, 6.07) is 4.30. The number of aromatic hydroxyl groups is 1. The molecule has 0 bridgehead atoms. The molecule has 0 spiro atoms. The van der Waals surface area contributed by atoms with Crippen LogP contribution in [0.2, 0.25) is 0 Å². The third kappa shape index (κ3) is 6.56. The first kappa shape index (κ1) is 17.4. The van der Waals surface area contributed by atoms with Gasteiger partial charge >= 0.3 is 0 Å². The highest BCUT2D eigenvalue weighted by atomic mass is 19.1.